The van der Waals surface area contributed by atoms with E-state index in [1.54, 1.807) is 23.1 Å². The first-order valence-electron chi connectivity index (χ1n) is 7.26. The van der Waals surface area contributed by atoms with Gasteiger partial charge in [0.15, 0.2) is 0 Å². The highest BCUT2D eigenvalue weighted by atomic mass is 16.5. The van der Waals surface area contributed by atoms with Gasteiger partial charge < -0.3 is 9.84 Å². The maximum absolute atomic E-state index is 4.87. The predicted molar refractivity (Wildman–Crippen MR) is 87.3 cm³/mol. The van der Waals surface area contributed by atoms with E-state index in [1.807, 2.05) is 37.4 Å². The Morgan fingerprint density at radius 2 is 1.75 bits per heavy atom. The third kappa shape index (κ3) is 2.72. The van der Waals surface area contributed by atoms with E-state index in [2.05, 4.69) is 30.5 Å². The average Bonchev–Trinajstić information content (AvgIpc) is 3.28. The smallest absolute Gasteiger partial charge is 0.228 e. The lowest BCUT2D eigenvalue weighted by atomic mass is 10.2. The Labute approximate surface area is 137 Å². The van der Waals surface area contributed by atoms with Crippen molar-refractivity contribution in [2.45, 2.75) is 0 Å². The minimum atomic E-state index is 0.477. The lowest BCUT2D eigenvalue weighted by Gasteiger charge is -2.07. The fourth-order valence-corrected chi connectivity index (χ4v) is 2.24. The van der Waals surface area contributed by atoms with Gasteiger partial charge in [-0.3, -0.25) is 4.68 Å². The summed E-state index contributed by atoms with van der Waals surface area (Å²) in [6.07, 6.45) is 4.91. The second kappa shape index (κ2) is 5.92. The van der Waals surface area contributed by atoms with E-state index in [9.17, 15) is 0 Å². The number of aryl methyl sites for hydroxylation is 1. The minimum absolute atomic E-state index is 0.477. The highest BCUT2D eigenvalue weighted by Gasteiger charge is 2.08. The maximum Gasteiger partial charge on any atom is 0.228 e. The fourth-order valence-electron chi connectivity index (χ4n) is 2.24. The Kier molecular flexibility index (Phi) is 3.47. The first-order chi connectivity index (χ1) is 11.8. The summed E-state index contributed by atoms with van der Waals surface area (Å²) < 4.78 is 6.58. The van der Waals surface area contributed by atoms with Crippen LogP contribution in [0, 0.1) is 0 Å². The molecule has 24 heavy (non-hydrogen) atoms. The van der Waals surface area contributed by atoms with Crippen molar-refractivity contribution >= 4 is 11.8 Å². The summed E-state index contributed by atoms with van der Waals surface area (Å²) in [5.41, 5.74) is 2.84. The van der Waals surface area contributed by atoms with Crippen LogP contribution in [0.1, 0.15) is 0 Å². The quantitative estimate of drug-likeness (QED) is 0.618. The van der Waals surface area contributed by atoms with Gasteiger partial charge in [-0.25, -0.2) is 15.0 Å². The van der Waals surface area contributed by atoms with Gasteiger partial charge in [0.1, 0.15) is 17.8 Å². The number of aromatic nitrogens is 6. The monoisotopic (exact) mass is 319 g/mol. The summed E-state index contributed by atoms with van der Waals surface area (Å²) >= 11 is 0. The van der Waals surface area contributed by atoms with Crippen molar-refractivity contribution in [3.05, 3.63) is 55.1 Å². The summed E-state index contributed by atoms with van der Waals surface area (Å²) in [5.74, 6) is 1.28. The molecular weight excluding hydrogens is 306 g/mol. The Bertz CT molecular complexity index is 962. The van der Waals surface area contributed by atoms with Gasteiger partial charge in [-0.05, 0) is 18.2 Å². The van der Waals surface area contributed by atoms with Gasteiger partial charge in [0, 0.05) is 25.4 Å². The molecule has 0 bridgehead atoms. The third-order valence-corrected chi connectivity index (χ3v) is 3.43. The molecule has 0 unspecified atom stereocenters. The summed E-state index contributed by atoms with van der Waals surface area (Å²) in [5, 5.41) is 11.1. The molecule has 0 atom stereocenters. The summed E-state index contributed by atoms with van der Waals surface area (Å²) in [7, 11) is 1.84. The van der Waals surface area contributed by atoms with Crippen molar-refractivity contribution < 1.29 is 4.52 Å². The van der Waals surface area contributed by atoms with E-state index in [0.717, 1.165) is 17.2 Å². The highest BCUT2D eigenvalue weighted by Crippen LogP contribution is 2.21. The van der Waals surface area contributed by atoms with Crippen LogP contribution in [0.3, 0.4) is 0 Å². The molecule has 4 rings (SSSR count). The number of hydrogen-bond donors (Lipinski definition) is 1. The second-order valence-corrected chi connectivity index (χ2v) is 5.02. The summed E-state index contributed by atoms with van der Waals surface area (Å²) in [6.45, 7) is 0. The number of nitrogens with zero attached hydrogens (tertiary/aromatic N) is 6. The predicted octanol–water partition coefficient (Wildman–Crippen LogP) is 2.67. The normalized spacial score (nSPS) is 10.7. The first-order valence-corrected chi connectivity index (χ1v) is 7.26. The van der Waals surface area contributed by atoms with Crippen LogP contribution in [0.15, 0.2) is 59.6 Å². The number of nitrogens with one attached hydrogen (secondary N) is 1. The summed E-state index contributed by atoms with van der Waals surface area (Å²) in [4.78, 5) is 13.3. The lowest BCUT2D eigenvalue weighted by Crippen LogP contribution is -2.03. The second-order valence-electron chi connectivity index (χ2n) is 5.02. The molecule has 0 radical (unpaired) electrons. The van der Waals surface area contributed by atoms with Crippen LogP contribution in [0.25, 0.3) is 22.8 Å². The van der Waals surface area contributed by atoms with E-state index in [1.165, 1.54) is 6.26 Å². The Morgan fingerprint density at radius 3 is 2.50 bits per heavy atom. The average molecular weight is 319 g/mol. The number of hydrogen-bond acceptors (Lipinski definition) is 7. The van der Waals surface area contributed by atoms with Gasteiger partial charge in [0.05, 0.1) is 23.3 Å². The molecule has 0 aliphatic rings. The highest BCUT2D eigenvalue weighted by molar-refractivity contribution is 5.62. The molecule has 1 N–H and O–H groups in total. The SMILES string of the molecule is Cn1nccc1Nc1nccc(-c2cccc(-c3ccon3)n2)n1. The molecule has 0 amide bonds. The fraction of sp³-hybridized carbons (Fsp3) is 0.0625. The van der Waals surface area contributed by atoms with Crippen LogP contribution in [0.2, 0.25) is 0 Å². The molecule has 0 saturated carbocycles. The molecule has 0 aliphatic heterocycles. The Balaban J connectivity index is 1.66. The van der Waals surface area contributed by atoms with Crippen molar-refractivity contribution in [1.82, 2.24) is 29.9 Å². The molecule has 8 nitrogen and oxygen atoms in total. The van der Waals surface area contributed by atoms with Crippen molar-refractivity contribution in [1.29, 1.82) is 0 Å². The number of anilines is 2. The van der Waals surface area contributed by atoms with Crippen LogP contribution in [0.4, 0.5) is 11.8 Å². The van der Waals surface area contributed by atoms with Crippen molar-refractivity contribution in [2.75, 3.05) is 5.32 Å². The molecule has 4 aromatic rings. The van der Waals surface area contributed by atoms with E-state index in [4.69, 9.17) is 4.52 Å². The van der Waals surface area contributed by atoms with Crippen LogP contribution in [-0.2, 0) is 7.05 Å². The van der Waals surface area contributed by atoms with Crippen LogP contribution in [0.5, 0.6) is 0 Å². The zero-order valence-corrected chi connectivity index (χ0v) is 12.8. The standard InChI is InChI=1S/C16H13N7O/c1-23-15(6-9-18-23)21-16-17-8-5-13(20-16)11-3-2-4-12(19-11)14-7-10-24-22-14/h2-10H,1H3,(H,17,20,21). The van der Waals surface area contributed by atoms with Crippen molar-refractivity contribution in [3.63, 3.8) is 0 Å². The zero-order valence-electron chi connectivity index (χ0n) is 12.8. The molecule has 118 valence electrons. The molecule has 0 fully saturated rings. The van der Waals surface area contributed by atoms with E-state index >= 15 is 0 Å². The van der Waals surface area contributed by atoms with Gasteiger partial charge in [-0.15, -0.1) is 0 Å². The van der Waals surface area contributed by atoms with E-state index in [0.29, 0.717) is 17.3 Å². The number of rotatable bonds is 4. The molecule has 4 aromatic heterocycles. The van der Waals surface area contributed by atoms with Crippen LogP contribution in [-0.4, -0.2) is 29.9 Å². The van der Waals surface area contributed by atoms with Crippen molar-refractivity contribution in [3.8, 4) is 22.8 Å². The molecule has 0 aliphatic carbocycles. The van der Waals surface area contributed by atoms with E-state index < -0.39 is 0 Å². The molecular formula is C16H13N7O. The molecule has 0 saturated heterocycles. The number of pyridine rings is 1. The van der Waals surface area contributed by atoms with Gasteiger partial charge in [-0.2, -0.15) is 5.10 Å². The molecule has 0 aromatic carbocycles. The van der Waals surface area contributed by atoms with Gasteiger partial charge in [0.25, 0.3) is 0 Å². The lowest BCUT2D eigenvalue weighted by molar-refractivity contribution is 0.422. The Hall–Kier alpha value is -3.55. The maximum atomic E-state index is 4.87. The topological polar surface area (TPSA) is 94.6 Å². The third-order valence-electron chi connectivity index (χ3n) is 3.43. The Morgan fingerprint density at radius 1 is 0.917 bits per heavy atom. The van der Waals surface area contributed by atoms with Gasteiger partial charge in [-0.1, -0.05) is 11.2 Å². The van der Waals surface area contributed by atoms with Crippen molar-refractivity contribution in [2.24, 2.45) is 7.05 Å². The first kappa shape index (κ1) is 14.1. The molecule has 8 heteroatoms. The van der Waals surface area contributed by atoms with Crippen LogP contribution >= 0.6 is 0 Å². The van der Waals surface area contributed by atoms with Gasteiger partial charge in [0.2, 0.25) is 5.95 Å². The van der Waals surface area contributed by atoms with Gasteiger partial charge >= 0.3 is 0 Å². The summed E-state index contributed by atoms with van der Waals surface area (Å²) in [6, 6.07) is 11.1. The van der Waals surface area contributed by atoms with Crippen LogP contribution < -0.4 is 5.32 Å². The zero-order chi connectivity index (χ0) is 16.4. The minimum Gasteiger partial charge on any atom is -0.364 e. The largest absolute Gasteiger partial charge is 0.364 e. The molecule has 0 spiro atoms. The van der Waals surface area contributed by atoms with E-state index in [-0.39, 0.29) is 0 Å². The molecule has 4 heterocycles.